The van der Waals surface area contributed by atoms with Gasteiger partial charge in [-0.2, -0.15) is 0 Å². The SMILES string of the molecule is Cc1cc([C@H]2[C@@H](c3ccccn3)NC(=S)N2c2ccc(OC(C)C)cc2)c(C)n1-c1cccc(C(=O)O)c1. The summed E-state index contributed by atoms with van der Waals surface area (Å²) in [7, 11) is 0. The monoisotopic (exact) mass is 526 g/mol. The van der Waals surface area contributed by atoms with Crippen molar-refractivity contribution in [1.82, 2.24) is 14.9 Å². The summed E-state index contributed by atoms with van der Waals surface area (Å²) in [5.74, 6) is -0.151. The van der Waals surface area contributed by atoms with E-state index in [0.29, 0.717) is 5.11 Å². The molecule has 8 heteroatoms. The molecule has 2 N–H and O–H groups in total. The van der Waals surface area contributed by atoms with E-state index in [2.05, 4.69) is 32.8 Å². The lowest BCUT2D eigenvalue weighted by molar-refractivity contribution is 0.0697. The number of nitrogens with one attached hydrogen (secondary N) is 1. The predicted molar refractivity (Wildman–Crippen MR) is 152 cm³/mol. The van der Waals surface area contributed by atoms with Crippen LogP contribution in [0, 0.1) is 13.8 Å². The smallest absolute Gasteiger partial charge is 0.335 e. The first-order valence-electron chi connectivity index (χ1n) is 12.5. The van der Waals surface area contributed by atoms with Gasteiger partial charge in [0.05, 0.1) is 29.4 Å². The van der Waals surface area contributed by atoms with Crippen LogP contribution in [0.1, 0.15) is 58.9 Å². The van der Waals surface area contributed by atoms with Gasteiger partial charge in [0.25, 0.3) is 0 Å². The Hall–Kier alpha value is -4.17. The van der Waals surface area contributed by atoms with Crippen LogP contribution in [0.5, 0.6) is 5.75 Å². The third-order valence-electron chi connectivity index (χ3n) is 6.73. The van der Waals surface area contributed by atoms with E-state index in [1.165, 1.54) is 0 Å². The second kappa shape index (κ2) is 10.3. The van der Waals surface area contributed by atoms with Gasteiger partial charge in [-0.15, -0.1) is 0 Å². The van der Waals surface area contributed by atoms with Crippen molar-refractivity contribution in [1.29, 1.82) is 0 Å². The van der Waals surface area contributed by atoms with Crippen molar-refractivity contribution in [3.05, 3.63) is 107 Å². The lowest BCUT2D eigenvalue weighted by atomic mass is 9.96. The Bertz CT molecular complexity index is 1480. The molecule has 4 aromatic rings. The zero-order chi connectivity index (χ0) is 27.0. The predicted octanol–water partition coefficient (Wildman–Crippen LogP) is 6.15. The van der Waals surface area contributed by atoms with Crippen LogP contribution < -0.4 is 15.0 Å². The molecular formula is C30H30N4O3S. The van der Waals surface area contributed by atoms with Gasteiger partial charge in [0.1, 0.15) is 5.75 Å². The maximum absolute atomic E-state index is 11.6. The molecule has 194 valence electrons. The first-order chi connectivity index (χ1) is 18.2. The Morgan fingerprint density at radius 3 is 2.45 bits per heavy atom. The van der Waals surface area contributed by atoms with Crippen LogP contribution >= 0.6 is 12.2 Å². The highest BCUT2D eigenvalue weighted by molar-refractivity contribution is 7.80. The molecular weight excluding hydrogens is 496 g/mol. The van der Waals surface area contributed by atoms with Gasteiger partial charge in [0.15, 0.2) is 5.11 Å². The molecule has 38 heavy (non-hydrogen) atoms. The maximum Gasteiger partial charge on any atom is 0.335 e. The summed E-state index contributed by atoms with van der Waals surface area (Å²) in [6, 6.07) is 22.6. The fourth-order valence-electron chi connectivity index (χ4n) is 5.17. The van der Waals surface area contributed by atoms with Crippen molar-refractivity contribution in [2.45, 2.75) is 45.9 Å². The second-order valence-electron chi connectivity index (χ2n) is 9.67. The van der Waals surface area contributed by atoms with Gasteiger partial charge in [-0.3, -0.25) is 4.98 Å². The van der Waals surface area contributed by atoms with E-state index in [9.17, 15) is 9.90 Å². The van der Waals surface area contributed by atoms with E-state index in [-0.39, 0.29) is 23.8 Å². The lowest BCUT2D eigenvalue weighted by Crippen LogP contribution is -2.29. The summed E-state index contributed by atoms with van der Waals surface area (Å²) in [6.07, 6.45) is 1.88. The number of carboxylic acid groups (broad SMARTS) is 1. The van der Waals surface area contributed by atoms with Crippen molar-refractivity contribution >= 4 is 29.0 Å². The molecule has 0 amide bonds. The Labute approximate surface area is 227 Å². The van der Waals surface area contributed by atoms with Gasteiger partial charge in [-0.25, -0.2) is 4.79 Å². The standard InChI is InChI=1S/C30H30N4O3S/c1-18(2)37-24-13-11-22(12-14-24)34-28(27(32-30(34)38)26-10-5-6-15-31-26)25-16-19(3)33(20(25)4)23-9-7-8-21(17-23)29(35)36/h5-18,27-28H,1-4H3,(H,32,38)(H,35,36)/t27-,28+/m1/s1. The molecule has 0 bridgehead atoms. The third kappa shape index (κ3) is 4.75. The highest BCUT2D eigenvalue weighted by Crippen LogP contribution is 2.44. The molecule has 0 spiro atoms. The number of benzene rings is 2. The largest absolute Gasteiger partial charge is 0.491 e. The maximum atomic E-state index is 11.6. The van der Waals surface area contributed by atoms with Crippen LogP contribution in [-0.4, -0.2) is 31.8 Å². The van der Waals surface area contributed by atoms with Crippen molar-refractivity contribution < 1.29 is 14.6 Å². The molecule has 0 saturated carbocycles. The van der Waals surface area contributed by atoms with Crippen molar-refractivity contribution in [3.8, 4) is 11.4 Å². The number of aromatic carboxylic acids is 1. The molecule has 0 radical (unpaired) electrons. The van der Waals surface area contributed by atoms with E-state index < -0.39 is 5.97 Å². The van der Waals surface area contributed by atoms with Gasteiger partial charge in [-0.05, 0) is 106 Å². The van der Waals surface area contributed by atoms with Crippen molar-refractivity contribution in [3.63, 3.8) is 0 Å². The highest BCUT2D eigenvalue weighted by atomic mass is 32.1. The van der Waals surface area contributed by atoms with Gasteiger partial charge in [0, 0.05) is 29.0 Å². The minimum atomic E-state index is -0.953. The molecule has 1 aliphatic heterocycles. The Balaban J connectivity index is 1.63. The average molecular weight is 527 g/mol. The van der Waals surface area contributed by atoms with E-state index in [1.807, 2.05) is 69.3 Å². The number of carboxylic acids is 1. The van der Waals surface area contributed by atoms with Crippen LogP contribution in [0.3, 0.4) is 0 Å². The quantitative estimate of drug-likeness (QED) is 0.280. The molecule has 0 unspecified atom stereocenters. The molecule has 7 nitrogen and oxygen atoms in total. The number of thiocarbonyl (C=S) groups is 1. The molecule has 5 rings (SSSR count). The number of pyridine rings is 1. The van der Waals surface area contributed by atoms with Crippen LogP contribution in [0.2, 0.25) is 0 Å². The Kier molecular flexibility index (Phi) is 6.91. The Morgan fingerprint density at radius 1 is 1.03 bits per heavy atom. The number of hydrogen-bond donors (Lipinski definition) is 2. The number of nitrogens with zero attached hydrogens (tertiary/aromatic N) is 3. The van der Waals surface area contributed by atoms with Crippen LogP contribution in [0.25, 0.3) is 5.69 Å². The summed E-state index contributed by atoms with van der Waals surface area (Å²) in [5, 5.41) is 13.7. The van der Waals surface area contributed by atoms with Gasteiger partial charge >= 0.3 is 5.97 Å². The van der Waals surface area contributed by atoms with Crippen molar-refractivity contribution in [2.75, 3.05) is 4.90 Å². The topological polar surface area (TPSA) is 79.6 Å². The minimum Gasteiger partial charge on any atom is -0.491 e. The van der Waals surface area contributed by atoms with E-state index in [4.69, 9.17) is 17.0 Å². The van der Waals surface area contributed by atoms with Gasteiger partial charge in [0.2, 0.25) is 0 Å². The molecule has 2 aromatic heterocycles. The molecule has 2 atom stereocenters. The fraction of sp³-hybridized carbons (Fsp3) is 0.233. The summed E-state index contributed by atoms with van der Waals surface area (Å²) < 4.78 is 7.95. The van der Waals surface area contributed by atoms with Crippen molar-refractivity contribution in [2.24, 2.45) is 0 Å². The van der Waals surface area contributed by atoms with Crippen LogP contribution in [-0.2, 0) is 0 Å². The summed E-state index contributed by atoms with van der Waals surface area (Å²) in [6.45, 7) is 8.10. The highest BCUT2D eigenvalue weighted by Gasteiger charge is 2.42. The fourth-order valence-corrected chi connectivity index (χ4v) is 5.51. The van der Waals surface area contributed by atoms with Gasteiger partial charge in [-0.1, -0.05) is 12.1 Å². The molecule has 1 aliphatic rings. The number of aromatic nitrogens is 2. The number of carbonyl (C=O) groups is 1. The molecule has 0 aliphatic carbocycles. The van der Waals surface area contributed by atoms with E-state index >= 15 is 0 Å². The normalized spacial score (nSPS) is 17.1. The summed E-state index contributed by atoms with van der Waals surface area (Å²) in [5.41, 5.74) is 5.96. The summed E-state index contributed by atoms with van der Waals surface area (Å²) in [4.78, 5) is 18.4. The molecule has 2 aromatic carbocycles. The van der Waals surface area contributed by atoms with Crippen LogP contribution in [0.15, 0.2) is 79.0 Å². The van der Waals surface area contributed by atoms with E-state index in [1.54, 1.807) is 24.4 Å². The minimum absolute atomic E-state index is 0.0849. The first kappa shape index (κ1) is 25.5. The molecule has 1 fully saturated rings. The lowest BCUT2D eigenvalue weighted by Gasteiger charge is -2.28. The summed E-state index contributed by atoms with van der Waals surface area (Å²) >= 11 is 5.89. The third-order valence-corrected chi connectivity index (χ3v) is 7.04. The van der Waals surface area contributed by atoms with Crippen LogP contribution in [0.4, 0.5) is 5.69 Å². The molecule has 3 heterocycles. The van der Waals surface area contributed by atoms with E-state index in [0.717, 1.165) is 39.8 Å². The first-order valence-corrected chi connectivity index (χ1v) is 13.0. The zero-order valence-corrected chi connectivity index (χ0v) is 22.6. The average Bonchev–Trinajstić information content (AvgIpc) is 3.39. The number of rotatable bonds is 7. The number of anilines is 1. The molecule has 1 saturated heterocycles. The Morgan fingerprint density at radius 2 is 1.79 bits per heavy atom. The number of aryl methyl sites for hydroxylation is 1. The zero-order valence-electron chi connectivity index (χ0n) is 21.8. The number of hydrogen-bond acceptors (Lipinski definition) is 4. The number of ether oxygens (including phenoxy) is 1. The second-order valence-corrected chi connectivity index (χ2v) is 10.1. The van der Waals surface area contributed by atoms with Gasteiger partial charge < -0.3 is 24.6 Å².